The van der Waals surface area contributed by atoms with Gasteiger partial charge in [0.1, 0.15) is 6.33 Å². The maximum atomic E-state index is 4.32. The quantitative estimate of drug-likeness (QED) is 0.829. The minimum Gasteiger partial charge on any atom is -0.385 e. The van der Waals surface area contributed by atoms with E-state index in [0.717, 1.165) is 28.0 Å². The third-order valence-corrected chi connectivity index (χ3v) is 3.71. The molecule has 4 nitrogen and oxygen atoms in total. The van der Waals surface area contributed by atoms with E-state index >= 15 is 0 Å². The highest BCUT2D eigenvalue weighted by Crippen LogP contribution is 2.23. The average molecular weight is 252 g/mol. The van der Waals surface area contributed by atoms with E-state index in [0.29, 0.717) is 0 Å². The lowest BCUT2D eigenvalue weighted by molar-refractivity contribution is 1.14. The van der Waals surface area contributed by atoms with Gasteiger partial charge in [0.25, 0.3) is 0 Å². The van der Waals surface area contributed by atoms with Crippen LogP contribution in [0, 0.1) is 0 Å². The number of nitrogens with one attached hydrogen (secondary N) is 1. The zero-order valence-electron chi connectivity index (χ0n) is 8.88. The predicted octanol–water partition coefficient (Wildman–Crippen LogP) is 2.66. The number of hydrogen-bond acceptors (Lipinski definition) is 6. The SMILES string of the molecule is CCNc1ccnc(CSc2ncns2)c1. The lowest BCUT2D eigenvalue weighted by Gasteiger charge is -2.04. The van der Waals surface area contributed by atoms with Crippen molar-refractivity contribution in [3.05, 3.63) is 30.4 Å². The molecule has 0 aliphatic heterocycles. The summed E-state index contributed by atoms with van der Waals surface area (Å²) in [6.45, 7) is 3.00. The summed E-state index contributed by atoms with van der Waals surface area (Å²) in [5, 5.41) is 3.27. The van der Waals surface area contributed by atoms with Gasteiger partial charge in [-0.2, -0.15) is 4.37 Å². The van der Waals surface area contributed by atoms with Crippen molar-refractivity contribution in [1.82, 2.24) is 14.3 Å². The second-order valence-corrected chi connectivity index (χ2v) is 5.06. The minimum atomic E-state index is 0.828. The normalized spacial score (nSPS) is 10.3. The Morgan fingerprint density at radius 1 is 1.44 bits per heavy atom. The van der Waals surface area contributed by atoms with Crippen LogP contribution in [0.1, 0.15) is 12.6 Å². The van der Waals surface area contributed by atoms with Gasteiger partial charge in [-0.05, 0) is 30.6 Å². The van der Waals surface area contributed by atoms with Crippen molar-refractivity contribution in [2.75, 3.05) is 11.9 Å². The molecule has 0 fully saturated rings. The van der Waals surface area contributed by atoms with Crippen LogP contribution in [-0.4, -0.2) is 20.9 Å². The highest BCUT2D eigenvalue weighted by Gasteiger charge is 2.01. The van der Waals surface area contributed by atoms with Crippen molar-refractivity contribution in [3.63, 3.8) is 0 Å². The topological polar surface area (TPSA) is 50.7 Å². The van der Waals surface area contributed by atoms with E-state index in [2.05, 4.69) is 32.6 Å². The van der Waals surface area contributed by atoms with Gasteiger partial charge in [-0.25, -0.2) is 4.98 Å². The molecular weight excluding hydrogens is 240 g/mol. The summed E-state index contributed by atoms with van der Waals surface area (Å²) in [7, 11) is 0. The van der Waals surface area contributed by atoms with Crippen LogP contribution in [-0.2, 0) is 5.75 Å². The Morgan fingerprint density at radius 2 is 2.38 bits per heavy atom. The highest BCUT2D eigenvalue weighted by atomic mass is 32.2. The zero-order chi connectivity index (χ0) is 11.2. The van der Waals surface area contributed by atoms with Gasteiger partial charge < -0.3 is 5.32 Å². The predicted molar refractivity (Wildman–Crippen MR) is 67.9 cm³/mol. The molecule has 0 aromatic carbocycles. The number of rotatable bonds is 5. The van der Waals surface area contributed by atoms with E-state index in [1.165, 1.54) is 11.5 Å². The Kier molecular flexibility index (Phi) is 4.12. The molecule has 0 amide bonds. The molecule has 2 rings (SSSR count). The molecule has 2 aromatic heterocycles. The van der Waals surface area contributed by atoms with Crippen molar-refractivity contribution < 1.29 is 0 Å². The standard InChI is InChI=1S/C10H12N4S2/c1-2-11-8-3-4-12-9(5-8)6-15-10-13-7-14-16-10/h3-5,7H,2,6H2,1H3,(H,11,12). The fourth-order valence-electron chi connectivity index (χ4n) is 1.23. The summed E-state index contributed by atoms with van der Waals surface area (Å²) in [6, 6.07) is 4.04. The van der Waals surface area contributed by atoms with Gasteiger partial charge in [0.15, 0.2) is 4.34 Å². The lowest BCUT2D eigenvalue weighted by atomic mass is 10.3. The van der Waals surface area contributed by atoms with Gasteiger partial charge in [-0.1, -0.05) is 11.8 Å². The second-order valence-electron chi connectivity index (χ2n) is 3.06. The summed E-state index contributed by atoms with van der Waals surface area (Å²) in [5.74, 6) is 0.828. The Bertz CT molecular complexity index is 430. The first kappa shape index (κ1) is 11.3. The van der Waals surface area contributed by atoms with Crippen molar-refractivity contribution in [2.45, 2.75) is 17.0 Å². The van der Waals surface area contributed by atoms with Crippen molar-refractivity contribution >= 4 is 29.0 Å². The van der Waals surface area contributed by atoms with Crippen molar-refractivity contribution in [3.8, 4) is 0 Å². The summed E-state index contributed by atoms with van der Waals surface area (Å²) in [4.78, 5) is 8.43. The molecule has 0 radical (unpaired) electrons. The van der Waals surface area contributed by atoms with Crippen LogP contribution >= 0.6 is 23.3 Å². The van der Waals surface area contributed by atoms with E-state index in [9.17, 15) is 0 Å². The molecule has 0 bridgehead atoms. The van der Waals surface area contributed by atoms with E-state index in [1.54, 1.807) is 18.1 Å². The summed E-state index contributed by atoms with van der Waals surface area (Å²) in [5.41, 5.74) is 2.17. The largest absolute Gasteiger partial charge is 0.385 e. The second kappa shape index (κ2) is 5.81. The molecule has 0 spiro atoms. The first-order valence-corrected chi connectivity index (χ1v) is 6.72. The maximum absolute atomic E-state index is 4.32. The molecule has 6 heteroatoms. The molecule has 1 N–H and O–H groups in total. The van der Waals surface area contributed by atoms with Crippen molar-refractivity contribution in [1.29, 1.82) is 0 Å². The number of pyridine rings is 1. The van der Waals surface area contributed by atoms with Crippen LogP contribution in [0.25, 0.3) is 0 Å². The average Bonchev–Trinajstić information content (AvgIpc) is 2.80. The molecule has 2 heterocycles. The maximum Gasteiger partial charge on any atom is 0.170 e. The first-order chi connectivity index (χ1) is 7.88. The first-order valence-electron chi connectivity index (χ1n) is 4.96. The molecule has 0 saturated carbocycles. The molecule has 0 aliphatic carbocycles. The number of anilines is 1. The molecule has 0 unspecified atom stereocenters. The van der Waals surface area contributed by atoms with Gasteiger partial charge in [0.05, 0.1) is 5.69 Å². The van der Waals surface area contributed by atoms with E-state index in [4.69, 9.17) is 0 Å². The van der Waals surface area contributed by atoms with Crippen LogP contribution in [0.5, 0.6) is 0 Å². The highest BCUT2D eigenvalue weighted by molar-refractivity contribution is 8.00. The molecule has 0 aliphatic rings. The third-order valence-electron chi connectivity index (χ3n) is 1.88. The smallest absolute Gasteiger partial charge is 0.170 e. The monoisotopic (exact) mass is 252 g/mol. The van der Waals surface area contributed by atoms with E-state index < -0.39 is 0 Å². The number of thioether (sulfide) groups is 1. The van der Waals surface area contributed by atoms with Gasteiger partial charge >= 0.3 is 0 Å². The number of nitrogens with zero attached hydrogens (tertiary/aromatic N) is 3. The molecular formula is C10H12N4S2. The molecule has 0 saturated heterocycles. The summed E-state index contributed by atoms with van der Waals surface area (Å²) in [6.07, 6.45) is 3.41. The zero-order valence-corrected chi connectivity index (χ0v) is 10.5. The Balaban J connectivity index is 1.96. The number of hydrogen-bond donors (Lipinski definition) is 1. The molecule has 84 valence electrons. The van der Waals surface area contributed by atoms with Gasteiger partial charge in [0.2, 0.25) is 0 Å². The van der Waals surface area contributed by atoms with Crippen LogP contribution in [0.3, 0.4) is 0 Å². The Morgan fingerprint density at radius 3 is 3.12 bits per heavy atom. The molecule has 0 atom stereocenters. The Labute approximate surface area is 103 Å². The number of aromatic nitrogens is 3. The van der Waals surface area contributed by atoms with Crippen LogP contribution in [0.15, 0.2) is 29.0 Å². The van der Waals surface area contributed by atoms with Gasteiger partial charge in [-0.15, -0.1) is 0 Å². The fourth-order valence-corrected chi connectivity index (χ4v) is 2.58. The summed E-state index contributed by atoms with van der Waals surface area (Å²) < 4.78 is 4.94. The summed E-state index contributed by atoms with van der Waals surface area (Å²) >= 11 is 3.08. The van der Waals surface area contributed by atoms with Gasteiger partial charge in [-0.3, -0.25) is 4.98 Å². The van der Waals surface area contributed by atoms with Crippen LogP contribution in [0.2, 0.25) is 0 Å². The lowest BCUT2D eigenvalue weighted by Crippen LogP contribution is -1.97. The Hall–Kier alpha value is -1.14. The minimum absolute atomic E-state index is 0.828. The fraction of sp³-hybridized carbons (Fsp3) is 0.300. The third kappa shape index (κ3) is 3.18. The van der Waals surface area contributed by atoms with E-state index in [-0.39, 0.29) is 0 Å². The molecule has 16 heavy (non-hydrogen) atoms. The van der Waals surface area contributed by atoms with Crippen LogP contribution < -0.4 is 5.32 Å². The molecule has 2 aromatic rings. The van der Waals surface area contributed by atoms with Crippen molar-refractivity contribution in [2.24, 2.45) is 0 Å². The van der Waals surface area contributed by atoms with Crippen LogP contribution in [0.4, 0.5) is 5.69 Å². The van der Waals surface area contributed by atoms with E-state index in [1.807, 2.05) is 12.3 Å². The van der Waals surface area contributed by atoms with Gasteiger partial charge in [0, 0.05) is 24.2 Å².